The molecule has 0 saturated carbocycles. The first kappa shape index (κ1) is 17.8. The Morgan fingerprint density at radius 2 is 2.05 bits per heavy atom. The van der Waals surface area contributed by atoms with Crippen molar-refractivity contribution in [3.8, 4) is 0 Å². The lowest BCUT2D eigenvalue weighted by atomic mass is 9.88. The summed E-state index contributed by atoms with van der Waals surface area (Å²) in [5.41, 5.74) is 0. The molecule has 0 aromatic heterocycles. The number of carbonyl (C=O) groups excluding carboxylic acids is 2. The van der Waals surface area contributed by atoms with Crippen molar-refractivity contribution in [2.24, 2.45) is 0 Å². The van der Waals surface area contributed by atoms with Crippen LogP contribution < -0.4 is 10.4 Å². The van der Waals surface area contributed by atoms with Gasteiger partial charge >= 0.3 is 0 Å². The van der Waals surface area contributed by atoms with Gasteiger partial charge in [0.15, 0.2) is 0 Å². The van der Waals surface area contributed by atoms with Crippen molar-refractivity contribution in [3.05, 3.63) is 0 Å². The summed E-state index contributed by atoms with van der Waals surface area (Å²) in [4.78, 5) is 22.0. The molecule has 6 N–H and O–H groups in total. The molecule has 1 amide bonds. The Bertz CT molecular complexity index is 403. The van der Waals surface area contributed by atoms with Crippen molar-refractivity contribution in [1.82, 2.24) is 5.32 Å². The van der Waals surface area contributed by atoms with E-state index in [1.165, 1.54) is 0 Å². The number of amides is 1. The highest BCUT2D eigenvalue weighted by molar-refractivity contribution is 5.74. The number of carbonyl (C=O) groups is 2. The number of hydrogen-bond acceptors (Lipinski definition) is 9. The Morgan fingerprint density at radius 3 is 2.48 bits per heavy atom. The van der Waals surface area contributed by atoms with E-state index in [2.05, 4.69) is 5.32 Å². The summed E-state index contributed by atoms with van der Waals surface area (Å²) < 4.78 is 4.80. The van der Waals surface area contributed by atoms with Gasteiger partial charge in [0.05, 0.1) is 18.8 Å². The molecule has 21 heavy (non-hydrogen) atoms. The summed E-state index contributed by atoms with van der Waals surface area (Å²) in [6, 6.07) is -1.29. The van der Waals surface area contributed by atoms with Gasteiger partial charge in [0.25, 0.3) is 0 Å². The highest BCUT2D eigenvalue weighted by Crippen LogP contribution is 2.29. The molecule has 122 valence electrons. The molecule has 0 aromatic carbocycles. The van der Waals surface area contributed by atoms with E-state index in [1.807, 2.05) is 0 Å². The second-order valence-corrected chi connectivity index (χ2v) is 4.89. The number of ether oxygens (including phenoxy) is 1. The van der Waals surface area contributed by atoms with Crippen LogP contribution in [0.25, 0.3) is 0 Å². The van der Waals surface area contributed by atoms with Gasteiger partial charge in [-0.15, -0.1) is 0 Å². The number of hydrogen-bond donors (Lipinski definition) is 6. The van der Waals surface area contributed by atoms with Crippen LogP contribution in [0, 0.1) is 0 Å². The molecule has 0 aliphatic carbocycles. The average Bonchev–Trinajstić information content (AvgIpc) is 2.39. The van der Waals surface area contributed by atoms with Crippen molar-refractivity contribution in [2.45, 2.75) is 49.6 Å². The van der Waals surface area contributed by atoms with E-state index in [9.17, 15) is 35.1 Å². The molecule has 1 aliphatic rings. The average molecular weight is 308 g/mol. The summed E-state index contributed by atoms with van der Waals surface area (Å²) in [5.74, 6) is -5.55. The van der Waals surface area contributed by atoms with Gasteiger partial charge in [-0.25, -0.2) is 0 Å². The van der Waals surface area contributed by atoms with Crippen LogP contribution >= 0.6 is 0 Å². The number of carboxylic acid groups (broad SMARTS) is 1. The zero-order chi connectivity index (χ0) is 16.4. The van der Waals surface area contributed by atoms with Crippen LogP contribution in [0.15, 0.2) is 0 Å². The summed E-state index contributed by atoms with van der Waals surface area (Å²) in [6.45, 7) is 0.228. The van der Waals surface area contributed by atoms with Crippen LogP contribution in [-0.2, 0) is 14.3 Å². The maximum atomic E-state index is 11.1. The molecular formula is C11H18NO9-. The third-order valence-corrected chi connectivity index (χ3v) is 3.19. The lowest BCUT2D eigenvalue weighted by molar-refractivity contribution is -0.374. The minimum absolute atomic E-state index is 0.614. The lowest BCUT2D eigenvalue weighted by Gasteiger charge is -2.46. The van der Waals surface area contributed by atoms with Gasteiger partial charge in [-0.3, -0.25) is 4.79 Å². The molecule has 0 spiro atoms. The summed E-state index contributed by atoms with van der Waals surface area (Å²) >= 11 is 0. The van der Waals surface area contributed by atoms with E-state index in [0.29, 0.717) is 0 Å². The van der Waals surface area contributed by atoms with Crippen molar-refractivity contribution >= 4 is 11.9 Å². The maximum absolute atomic E-state index is 11.1. The fraction of sp³-hybridized carbons (Fsp3) is 0.818. The molecule has 10 nitrogen and oxygen atoms in total. The Balaban J connectivity index is 3.07. The first-order valence-corrected chi connectivity index (χ1v) is 6.16. The Morgan fingerprint density at radius 1 is 1.48 bits per heavy atom. The topological polar surface area (TPSA) is 180 Å². The molecule has 10 heteroatoms. The molecule has 1 rings (SSSR count). The van der Waals surface area contributed by atoms with Gasteiger partial charge in [0, 0.05) is 13.3 Å². The maximum Gasteiger partial charge on any atom is 0.217 e. The van der Waals surface area contributed by atoms with Crippen molar-refractivity contribution in [1.29, 1.82) is 0 Å². The van der Waals surface area contributed by atoms with Gasteiger partial charge in [-0.1, -0.05) is 0 Å². The fourth-order valence-electron chi connectivity index (χ4n) is 2.13. The minimum atomic E-state index is -2.89. The zero-order valence-electron chi connectivity index (χ0n) is 11.2. The molecular weight excluding hydrogens is 290 g/mol. The Labute approximate surface area is 119 Å². The normalized spacial score (nSPS) is 35.8. The van der Waals surface area contributed by atoms with Crippen molar-refractivity contribution in [3.63, 3.8) is 0 Å². The summed E-state index contributed by atoms with van der Waals surface area (Å²) in [6.07, 6.45) is -7.67. The van der Waals surface area contributed by atoms with E-state index >= 15 is 0 Å². The molecule has 1 aliphatic heterocycles. The quantitative estimate of drug-likeness (QED) is 0.289. The predicted octanol–water partition coefficient (Wildman–Crippen LogP) is -5.21. The number of aliphatic hydroxyl groups is 5. The number of aliphatic hydroxyl groups excluding tert-OH is 4. The first-order chi connectivity index (χ1) is 9.62. The van der Waals surface area contributed by atoms with Gasteiger partial charge in [-0.2, -0.15) is 0 Å². The molecule has 0 bridgehead atoms. The van der Waals surface area contributed by atoms with Gasteiger partial charge in [0.1, 0.15) is 24.3 Å². The third-order valence-electron chi connectivity index (χ3n) is 3.19. The van der Waals surface area contributed by atoms with Crippen molar-refractivity contribution in [2.75, 3.05) is 6.61 Å². The van der Waals surface area contributed by atoms with E-state index in [0.717, 1.165) is 6.92 Å². The van der Waals surface area contributed by atoms with Crippen LogP contribution in [0.1, 0.15) is 13.3 Å². The number of nitrogens with one attached hydrogen (secondary N) is 1. The lowest BCUT2D eigenvalue weighted by Crippen LogP contribution is -2.68. The summed E-state index contributed by atoms with van der Waals surface area (Å²) in [5, 5.41) is 60.8. The van der Waals surface area contributed by atoms with Crippen LogP contribution in [-0.4, -0.2) is 80.3 Å². The second-order valence-electron chi connectivity index (χ2n) is 4.89. The standard InChI is InChI=1S/C11H19NO9/c1-4(14)12-7-5(15)2-11(20,10(18)19)21-9(7)8(17)6(16)3-13/h5-9,13,15-17,20H,2-3H2,1H3,(H,12,14)(H,18,19)/p-1. The fourth-order valence-corrected chi connectivity index (χ4v) is 2.13. The van der Waals surface area contributed by atoms with Crippen LogP contribution in [0.5, 0.6) is 0 Å². The highest BCUT2D eigenvalue weighted by Gasteiger charge is 2.50. The second kappa shape index (κ2) is 6.64. The van der Waals surface area contributed by atoms with Crippen LogP contribution in [0.4, 0.5) is 0 Å². The molecule has 6 atom stereocenters. The van der Waals surface area contributed by atoms with E-state index < -0.39 is 61.1 Å². The van der Waals surface area contributed by atoms with Crippen LogP contribution in [0.2, 0.25) is 0 Å². The number of carboxylic acids is 1. The molecule has 0 radical (unpaired) electrons. The summed E-state index contributed by atoms with van der Waals surface area (Å²) in [7, 11) is 0. The van der Waals surface area contributed by atoms with Gasteiger partial charge in [0.2, 0.25) is 11.7 Å². The molecule has 1 heterocycles. The Hall–Kier alpha value is -1.30. The monoisotopic (exact) mass is 308 g/mol. The zero-order valence-corrected chi connectivity index (χ0v) is 11.2. The van der Waals surface area contributed by atoms with Crippen LogP contribution in [0.3, 0.4) is 0 Å². The Kier molecular flexibility index (Phi) is 5.61. The molecule has 6 unspecified atom stereocenters. The highest BCUT2D eigenvalue weighted by atomic mass is 16.7. The minimum Gasteiger partial charge on any atom is -0.544 e. The molecule has 0 aromatic rings. The third kappa shape index (κ3) is 3.87. The van der Waals surface area contributed by atoms with E-state index in [4.69, 9.17) is 9.84 Å². The van der Waals surface area contributed by atoms with E-state index in [1.54, 1.807) is 0 Å². The smallest absolute Gasteiger partial charge is 0.217 e. The largest absolute Gasteiger partial charge is 0.544 e. The van der Waals surface area contributed by atoms with E-state index in [-0.39, 0.29) is 0 Å². The van der Waals surface area contributed by atoms with Gasteiger partial charge < -0.3 is 45.5 Å². The number of rotatable bonds is 5. The molecule has 1 saturated heterocycles. The predicted molar refractivity (Wildman–Crippen MR) is 62.2 cm³/mol. The first-order valence-electron chi connectivity index (χ1n) is 6.16. The number of aliphatic carboxylic acids is 1. The molecule has 1 fully saturated rings. The van der Waals surface area contributed by atoms with Crippen molar-refractivity contribution < 1.29 is 45.0 Å². The SMILES string of the molecule is CC(=O)NC1C(O)CC(O)(C(=O)[O-])OC1C(O)C(O)CO. The van der Waals surface area contributed by atoms with Gasteiger partial charge in [-0.05, 0) is 0 Å².